The Morgan fingerprint density at radius 2 is 1.85 bits per heavy atom. The van der Waals surface area contributed by atoms with E-state index >= 15 is 0 Å². The normalized spacial score (nSPS) is 24.0. The van der Waals surface area contributed by atoms with Gasteiger partial charge in [0.15, 0.2) is 6.04 Å². The van der Waals surface area contributed by atoms with Crippen LogP contribution in [-0.4, -0.2) is 35.2 Å². The van der Waals surface area contributed by atoms with E-state index in [2.05, 4.69) is 16.4 Å². The van der Waals surface area contributed by atoms with Crippen molar-refractivity contribution in [2.75, 3.05) is 18.6 Å². The molecule has 2 aliphatic rings. The number of hydrogen-bond donors (Lipinski definition) is 1. The van der Waals surface area contributed by atoms with E-state index in [1.165, 1.54) is 5.84 Å². The monoisotopic (exact) mass is 450 g/mol. The Morgan fingerprint density at radius 1 is 1.19 bits per heavy atom. The molecule has 2 aromatic rings. The van der Waals surface area contributed by atoms with Gasteiger partial charge in [-0.05, 0) is 49.2 Å². The van der Waals surface area contributed by atoms with Gasteiger partial charge in [0.2, 0.25) is 0 Å². The minimum absolute atomic E-state index is 0. The molecular formula is C21H24BrClN2O2. The molecular weight excluding hydrogens is 428 g/mol. The second-order valence-corrected chi connectivity index (χ2v) is 7.34. The van der Waals surface area contributed by atoms with Gasteiger partial charge in [0.25, 0.3) is 11.6 Å². The lowest BCUT2D eigenvalue weighted by atomic mass is 9.91. The number of methoxy groups -OCH3 is 1. The number of anilines is 1. The third-order valence-corrected chi connectivity index (χ3v) is 5.81. The molecule has 2 aliphatic heterocycles. The van der Waals surface area contributed by atoms with Crippen LogP contribution in [0.5, 0.6) is 5.75 Å². The number of rotatable bonds is 4. The van der Waals surface area contributed by atoms with Gasteiger partial charge >= 0.3 is 0 Å². The van der Waals surface area contributed by atoms with Crippen LogP contribution in [0.15, 0.2) is 48.5 Å². The molecule has 0 spiro atoms. The largest absolute Gasteiger partial charge is 1.00 e. The van der Waals surface area contributed by atoms with Crippen LogP contribution in [0.2, 0.25) is 5.02 Å². The Kier molecular flexibility index (Phi) is 5.84. The molecule has 2 unspecified atom stereocenters. The van der Waals surface area contributed by atoms with Gasteiger partial charge in [-0.1, -0.05) is 30.7 Å². The second kappa shape index (κ2) is 7.82. The van der Waals surface area contributed by atoms with Crippen molar-refractivity contribution in [3.63, 3.8) is 0 Å². The molecule has 2 atom stereocenters. The van der Waals surface area contributed by atoms with E-state index in [1.54, 1.807) is 7.11 Å². The summed E-state index contributed by atoms with van der Waals surface area (Å²) in [6.45, 7) is 3.12. The van der Waals surface area contributed by atoms with Crippen LogP contribution >= 0.6 is 11.6 Å². The van der Waals surface area contributed by atoms with Crippen molar-refractivity contribution in [1.82, 2.24) is 0 Å². The molecule has 1 N–H and O–H groups in total. The molecule has 0 amide bonds. The molecule has 0 radical (unpaired) electrons. The van der Waals surface area contributed by atoms with Gasteiger partial charge in [-0.3, -0.25) is 4.58 Å². The van der Waals surface area contributed by atoms with Crippen molar-refractivity contribution < 1.29 is 31.4 Å². The van der Waals surface area contributed by atoms with Crippen molar-refractivity contribution >= 4 is 23.1 Å². The SMILES string of the molecule is CCC1[N+]2=C(CCC2)N(c2ccc(OC)cc2)C1(O)c1ccc(Cl)cc1.[Br-]. The summed E-state index contributed by atoms with van der Waals surface area (Å²) in [7, 11) is 1.66. The van der Waals surface area contributed by atoms with E-state index in [0.717, 1.165) is 42.8 Å². The number of amidine groups is 1. The predicted molar refractivity (Wildman–Crippen MR) is 104 cm³/mol. The molecule has 4 rings (SSSR count). The smallest absolute Gasteiger partial charge is 0.278 e. The van der Waals surface area contributed by atoms with Crippen LogP contribution in [-0.2, 0) is 5.72 Å². The quantitative estimate of drug-likeness (QED) is 0.705. The molecule has 2 aromatic carbocycles. The van der Waals surface area contributed by atoms with Crippen LogP contribution < -0.4 is 26.6 Å². The van der Waals surface area contributed by atoms with Crippen molar-refractivity contribution in [3.05, 3.63) is 59.1 Å². The lowest BCUT2D eigenvalue weighted by Gasteiger charge is -2.33. The van der Waals surface area contributed by atoms with E-state index < -0.39 is 5.72 Å². The summed E-state index contributed by atoms with van der Waals surface area (Å²) in [5.74, 6) is 2.00. The molecule has 6 heteroatoms. The van der Waals surface area contributed by atoms with E-state index in [1.807, 2.05) is 48.5 Å². The van der Waals surface area contributed by atoms with Gasteiger partial charge < -0.3 is 26.8 Å². The maximum atomic E-state index is 12.0. The Bertz CT molecular complexity index is 838. The molecule has 144 valence electrons. The minimum Gasteiger partial charge on any atom is -1.00 e. The molecule has 0 aliphatic carbocycles. The summed E-state index contributed by atoms with van der Waals surface area (Å²) in [6, 6.07) is 15.5. The maximum Gasteiger partial charge on any atom is 0.278 e. The second-order valence-electron chi connectivity index (χ2n) is 6.90. The van der Waals surface area contributed by atoms with Crippen LogP contribution in [0, 0.1) is 0 Å². The first-order valence-corrected chi connectivity index (χ1v) is 9.52. The van der Waals surface area contributed by atoms with Crippen molar-refractivity contribution in [1.29, 1.82) is 0 Å². The highest BCUT2D eigenvalue weighted by Gasteiger charge is 2.61. The van der Waals surface area contributed by atoms with Crippen LogP contribution in [0.25, 0.3) is 0 Å². The van der Waals surface area contributed by atoms with Gasteiger partial charge in [0.05, 0.1) is 20.1 Å². The molecule has 0 fully saturated rings. The lowest BCUT2D eigenvalue weighted by molar-refractivity contribution is -0.568. The first kappa shape index (κ1) is 20.2. The number of ether oxygens (including phenoxy) is 1. The highest BCUT2D eigenvalue weighted by molar-refractivity contribution is 6.30. The molecule has 4 nitrogen and oxygen atoms in total. The summed E-state index contributed by atoms with van der Waals surface area (Å²) < 4.78 is 7.67. The molecule has 0 bridgehead atoms. The third kappa shape index (κ3) is 3.16. The summed E-state index contributed by atoms with van der Waals surface area (Å²) in [5.41, 5.74) is 0.719. The van der Waals surface area contributed by atoms with Crippen molar-refractivity contribution in [3.8, 4) is 5.75 Å². The zero-order valence-corrected chi connectivity index (χ0v) is 17.9. The molecule has 2 heterocycles. The highest BCUT2D eigenvalue weighted by Crippen LogP contribution is 2.44. The predicted octanol–water partition coefficient (Wildman–Crippen LogP) is 1.00. The standard InChI is InChI=1S/C21H24ClN2O2.BrH/c1-3-19-21(25,15-6-8-16(22)9-7-15)24(20-5-4-14-23(19)20)17-10-12-18(26-2)13-11-17;/h6-13,19,25H,3-5,14H2,1-2H3;1H/q+1;/p-1. The molecule has 27 heavy (non-hydrogen) atoms. The Labute approximate surface area is 175 Å². The number of hydrogen-bond acceptors (Lipinski definition) is 3. The molecule has 0 saturated heterocycles. The zero-order valence-electron chi connectivity index (χ0n) is 15.5. The van der Waals surface area contributed by atoms with E-state index in [9.17, 15) is 5.11 Å². The van der Waals surface area contributed by atoms with Gasteiger partial charge in [-0.15, -0.1) is 0 Å². The lowest BCUT2D eigenvalue weighted by Crippen LogP contribution is -3.00. The van der Waals surface area contributed by atoms with Crippen molar-refractivity contribution in [2.24, 2.45) is 0 Å². The van der Waals surface area contributed by atoms with Crippen molar-refractivity contribution in [2.45, 2.75) is 38.0 Å². The average Bonchev–Trinajstić information content (AvgIpc) is 3.20. The summed E-state index contributed by atoms with van der Waals surface area (Å²) in [4.78, 5) is 2.11. The van der Waals surface area contributed by atoms with E-state index in [-0.39, 0.29) is 23.0 Å². The molecule has 0 aromatic heterocycles. The fourth-order valence-corrected chi connectivity index (χ4v) is 4.54. The minimum atomic E-state index is -1.12. The maximum absolute atomic E-state index is 12.0. The highest BCUT2D eigenvalue weighted by atomic mass is 79.9. The van der Waals surface area contributed by atoms with Crippen LogP contribution in [0.1, 0.15) is 31.7 Å². The summed E-state index contributed by atoms with van der Waals surface area (Å²) >= 11 is 6.09. The number of halogens is 2. The summed E-state index contributed by atoms with van der Waals surface area (Å²) in [6.07, 6.45) is 2.95. The van der Waals surface area contributed by atoms with Gasteiger partial charge in [0.1, 0.15) is 11.4 Å². The van der Waals surface area contributed by atoms with Gasteiger partial charge in [-0.25, -0.2) is 0 Å². The Balaban J connectivity index is 0.00000210. The average molecular weight is 452 g/mol. The van der Waals surface area contributed by atoms with Gasteiger partial charge in [0, 0.05) is 10.6 Å². The van der Waals surface area contributed by atoms with Crippen LogP contribution in [0.3, 0.4) is 0 Å². The summed E-state index contributed by atoms with van der Waals surface area (Å²) in [5, 5.41) is 12.7. The van der Waals surface area contributed by atoms with Gasteiger partial charge in [-0.2, -0.15) is 4.90 Å². The molecule has 0 saturated carbocycles. The van der Waals surface area contributed by atoms with E-state index in [0.29, 0.717) is 5.02 Å². The number of nitrogens with zero attached hydrogens (tertiary/aromatic N) is 2. The first-order chi connectivity index (χ1) is 12.6. The third-order valence-electron chi connectivity index (χ3n) is 5.56. The first-order valence-electron chi connectivity index (χ1n) is 9.14. The number of aliphatic hydroxyl groups is 1. The zero-order chi connectivity index (χ0) is 18.3. The fraction of sp³-hybridized carbons (Fsp3) is 0.381. The number of benzene rings is 2. The topological polar surface area (TPSA) is 35.7 Å². The Hall–Kier alpha value is -1.56. The fourth-order valence-electron chi connectivity index (χ4n) is 4.42. The van der Waals surface area contributed by atoms with Crippen LogP contribution in [0.4, 0.5) is 5.69 Å². The van der Waals surface area contributed by atoms with E-state index in [4.69, 9.17) is 16.3 Å². The Morgan fingerprint density at radius 3 is 2.44 bits per heavy atom.